The molecular weight excluding hydrogens is 360 g/mol. The van der Waals surface area contributed by atoms with Gasteiger partial charge in [-0.25, -0.2) is 4.68 Å². The van der Waals surface area contributed by atoms with E-state index in [9.17, 15) is 4.79 Å². The average Bonchev–Trinajstić information content (AvgIpc) is 3.30. The smallest absolute Gasteiger partial charge is 0.226 e. The molecule has 0 saturated heterocycles. The summed E-state index contributed by atoms with van der Waals surface area (Å²) < 4.78 is 1.63. The number of hydrogen-bond donors (Lipinski definition) is 0. The molecule has 0 radical (unpaired) electrons. The number of fused-ring (bicyclic) bond motifs is 1. The minimum absolute atomic E-state index is 0.0143. The fraction of sp³-hybridized carbons (Fsp3) is 0.190. The highest BCUT2D eigenvalue weighted by molar-refractivity contribution is 6.32. The average molecular weight is 379 g/mol. The van der Waals surface area contributed by atoms with Gasteiger partial charge in [-0.3, -0.25) is 9.78 Å². The lowest BCUT2D eigenvalue weighted by Crippen LogP contribution is -2.26. The van der Waals surface area contributed by atoms with Gasteiger partial charge in [0, 0.05) is 25.6 Å². The number of rotatable bonds is 5. The second-order valence-corrected chi connectivity index (χ2v) is 6.90. The molecule has 0 spiro atoms. The van der Waals surface area contributed by atoms with Crippen LogP contribution in [0, 0.1) is 0 Å². The second kappa shape index (κ2) is 7.37. The largest absolute Gasteiger partial charge is 0.311 e. The van der Waals surface area contributed by atoms with E-state index in [4.69, 9.17) is 11.6 Å². The van der Waals surface area contributed by atoms with Gasteiger partial charge >= 0.3 is 0 Å². The summed E-state index contributed by atoms with van der Waals surface area (Å²) in [5.74, 6) is 0.299. The summed E-state index contributed by atoms with van der Waals surface area (Å²) in [4.78, 5) is 18.4. The molecule has 0 bridgehead atoms. The molecule has 1 aliphatic carbocycles. The van der Waals surface area contributed by atoms with Crippen LogP contribution in [-0.4, -0.2) is 27.7 Å². The van der Waals surface area contributed by atoms with Crippen molar-refractivity contribution in [3.8, 4) is 5.69 Å². The molecule has 1 aromatic carbocycles. The number of nitrogens with zero attached hydrogens (tertiary/aromatic N) is 4. The van der Waals surface area contributed by atoms with Gasteiger partial charge in [-0.2, -0.15) is 5.10 Å². The molecule has 1 amide bonds. The minimum atomic E-state index is 0.0143. The summed E-state index contributed by atoms with van der Waals surface area (Å²) >= 11 is 6.27. The molecule has 2 heterocycles. The van der Waals surface area contributed by atoms with Gasteiger partial charge in [0.25, 0.3) is 0 Å². The zero-order valence-electron chi connectivity index (χ0n) is 14.9. The van der Waals surface area contributed by atoms with Crippen LogP contribution in [0.4, 0.5) is 5.69 Å². The molecule has 0 fully saturated rings. The number of benzene rings is 1. The molecule has 0 saturated carbocycles. The number of allylic oxidation sites excluding steroid dienone is 1. The minimum Gasteiger partial charge on any atom is -0.311 e. The van der Waals surface area contributed by atoms with E-state index in [1.165, 1.54) is 11.1 Å². The van der Waals surface area contributed by atoms with Crippen molar-refractivity contribution in [2.45, 2.75) is 18.8 Å². The van der Waals surface area contributed by atoms with E-state index >= 15 is 0 Å². The molecule has 3 aromatic rings. The number of carbonyl (C=O) groups is 1. The predicted molar refractivity (Wildman–Crippen MR) is 107 cm³/mol. The lowest BCUT2D eigenvalue weighted by atomic mass is 9.96. The highest BCUT2D eigenvalue weighted by atomic mass is 35.5. The maximum Gasteiger partial charge on any atom is 0.226 e. The number of anilines is 1. The van der Waals surface area contributed by atoms with Crippen molar-refractivity contribution in [3.63, 3.8) is 0 Å². The van der Waals surface area contributed by atoms with E-state index in [0.29, 0.717) is 17.3 Å². The number of halogens is 1. The quantitative estimate of drug-likeness (QED) is 0.658. The third-order valence-electron chi connectivity index (χ3n) is 4.87. The number of carbonyl (C=O) groups excluding carboxylic acids is 1. The third-order valence-corrected chi connectivity index (χ3v) is 5.14. The van der Waals surface area contributed by atoms with Crippen LogP contribution >= 0.6 is 11.6 Å². The molecule has 0 N–H and O–H groups in total. The molecular formula is C21H19ClN4O. The Kier molecular flexibility index (Phi) is 4.77. The Morgan fingerprint density at radius 2 is 2.11 bits per heavy atom. The number of amides is 1. The Balaban J connectivity index is 1.44. The van der Waals surface area contributed by atoms with Crippen molar-refractivity contribution in [1.82, 2.24) is 14.8 Å². The zero-order valence-corrected chi connectivity index (χ0v) is 15.7. The zero-order chi connectivity index (χ0) is 18.8. The maximum atomic E-state index is 12.7. The highest BCUT2D eigenvalue weighted by Crippen LogP contribution is 2.33. The fourth-order valence-corrected chi connectivity index (χ4v) is 3.60. The van der Waals surface area contributed by atoms with Crippen LogP contribution in [0.15, 0.2) is 61.1 Å². The number of aromatic nitrogens is 3. The fourth-order valence-electron chi connectivity index (χ4n) is 3.35. The van der Waals surface area contributed by atoms with Gasteiger partial charge in [-0.15, -0.1) is 0 Å². The molecule has 27 heavy (non-hydrogen) atoms. The molecule has 136 valence electrons. The summed E-state index contributed by atoms with van der Waals surface area (Å²) in [5, 5.41) is 4.58. The van der Waals surface area contributed by atoms with E-state index in [2.05, 4.69) is 34.4 Å². The Morgan fingerprint density at radius 1 is 1.26 bits per heavy atom. The van der Waals surface area contributed by atoms with Crippen molar-refractivity contribution < 1.29 is 4.79 Å². The summed E-state index contributed by atoms with van der Waals surface area (Å²) in [7, 11) is 1.73. The van der Waals surface area contributed by atoms with Crippen molar-refractivity contribution in [3.05, 3.63) is 77.3 Å². The van der Waals surface area contributed by atoms with Crippen LogP contribution in [0.5, 0.6) is 0 Å². The topological polar surface area (TPSA) is 51.0 Å². The third kappa shape index (κ3) is 3.51. The highest BCUT2D eigenvalue weighted by Gasteiger charge is 2.21. The van der Waals surface area contributed by atoms with Crippen molar-refractivity contribution in [1.29, 1.82) is 0 Å². The Hall–Kier alpha value is -2.92. The van der Waals surface area contributed by atoms with Crippen LogP contribution in [0.25, 0.3) is 11.8 Å². The summed E-state index contributed by atoms with van der Waals surface area (Å²) in [6, 6.07) is 12.0. The maximum absolute atomic E-state index is 12.7. The molecule has 0 aliphatic heterocycles. The molecule has 1 unspecified atom stereocenters. The molecule has 6 heteroatoms. The van der Waals surface area contributed by atoms with Gasteiger partial charge in [-0.1, -0.05) is 48.0 Å². The van der Waals surface area contributed by atoms with Crippen molar-refractivity contribution >= 4 is 29.3 Å². The number of pyridine rings is 1. The van der Waals surface area contributed by atoms with E-state index in [0.717, 1.165) is 12.1 Å². The van der Waals surface area contributed by atoms with E-state index < -0.39 is 0 Å². The normalized spacial score (nSPS) is 15.0. The van der Waals surface area contributed by atoms with Gasteiger partial charge in [0.1, 0.15) is 5.69 Å². The Morgan fingerprint density at radius 3 is 2.93 bits per heavy atom. The molecule has 2 aromatic heterocycles. The van der Waals surface area contributed by atoms with Crippen molar-refractivity contribution in [2.24, 2.45) is 0 Å². The summed E-state index contributed by atoms with van der Waals surface area (Å²) in [6.45, 7) is 0. The molecule has 4 rings (SSSR count). The Labute approximate surface area is 162 Å². The first kappa shape index (κ1) is 17.5. The Bertz CT molecular complexity index is 996. The lowest BCUT2D eigenvalue weighted by Gasteiger charge is -2.17. The SMILES string of the molecule is CN(C(=O)CCC1C=Cc2ccccc21)c1cn(-c2cccnc2)nc1Cl. The van der Waals surface area contributed by atoms with Gasteiger partial charge in [0.05, 0.1) is 18.1 Å². The standard InChI is InChI=1S/C21H19ClN4O/c1-25(19-14-26(24-21(19)22)17-6-4-12-23-13-17)20(27)11-10-16-9-8-15-5-2-3-7-18(15)16/h2-9,12-14,16H,10-11H2,1H3. The van der Waals surface area contributed by atoms with Crippen LogP contribution in [0.1, 0.15) is 29.9 Å². The van der Waals surface area contributed by atoms with E-state index in [1.807, 2.05) is 24.3 Å². The van der Waals surface area contributed by atoms with Crippen LogP contribution < -0.4 is 4.90 Å². The summed E-state index contributed by atoms with van der Waals surface area (Å²) in [6.07, 6.45) is 10.6. The van der Waals surface area contributed by atoms with Crippen LogP contribution in [0.3, 0.4) is 0 Å². The molecule has 5 nitrogen and oxygen atoms in total. The second-order valence-electron chi connectivity index (χ2n) is 6.55. The summed E-state index contributed by atoms with van der Waals surface area (Å²) in [5.41, 5.74) is 3.91. The first-order chi connectivity index (χ1) is 13.1. The van der Waals surface area contributed by atoms with Gasteiger partial charge in [-0.05, 0) is 29.7 Å². The van der Waals surface area contributed by atoms with E-state index in [1.54, 1.807) is 35.2 Å². The first-order valence-electron chi connectivity index (χ1n) is 8.83. The first-order valence-corrected chi connectivity index (χ1v) is 9.20. The van der Waals surface area contributed by atoms with Crippen LogP contribution in [0.2, 0.25) is 5.15 Å². The monoisotopic (exact) mass is 378 g/mol. The van der Waals surface area contributed by atoms with Crippen LogP contribution in [-0.2, 0) is 4.79 Å². The predicted octanol–water partition coefficient (Wildman–Crippen LogP) is 4.47. The number of hydrogen-bond acceptors (Lipinski definition) is 3. The van der Waals surface area contributed by atoms with Crippen molar-refractivity contribution in [2.75, 3.05) is 11.9 Å². The molecule has 1 aliphatic rings. The van der Waals surface area contributed by atoms with Gasteiger partial charge in [0.15, 0.2) is 5.15 Å². The lowest BCUT2D eigenvalue weighted by molar-refractivity contribution is -0.118. The van der Waals surface area contributed by atoms with E-state index in [-0.39, 0.29) is 11.8 Å². The van der Waals surface area contributed by atoms with Gasteiger partial charge in [0.2, 0.25) is 5.91 Å². The van der Waals surface area contributed by atoms with Gasteiger partial charge < -0.3 is 4.90 Å². The molecule has 1 atom stereocenters.